The Hall–Kier alpha value is -2.16. The number of hydroxylamine groups is 2. The molecule has 1 aromatic carbocycles. The summed E-state index contributed by atoms with van der Waals surface area (Å²) in [6.07, 6.45) is 1.32. The maximum Gasteiger partial charge on any atom is 0.339 e. The van der Waals surface area contributed by atoms with Crippen molar-refractivity contribution in [3.8, 4) is 5.75 Å². The van der Waals surface area contributed by atoms with Gasteiger partial charge in [-0.05, 0) is 76.0 Å². The average Bonchev–Trinajstić information content (AvgIpc) is 2.71. The number of phenolic OH excluding ortho intramolecular Hbond substituents is 1. The van der Waals surface area contributed by atoms with Crippen molar-refractivity contribution in [2.75, 3.05) is 27.4 Å². The van der Waals surface area contributed by atoms with Crippen molar-refractivity contribution in [2.45, 2.75) is 86.0 Å². The number of phenols is 1. The SMILES string of the molecule is CCOC(Cc1c(C(=O)N(C)OC)c(O)c2c(c1C(=O)OC(C)(C)C)CC(C)(C)CC2)OCC. The Labute approximate surface area is 203 Å². The molecule has 0 radical (unpaired) electrons. The van der Waals surface area contributed by atoms with Crippen LogP contribution in [0.3, 0.4) is 0 Å². The first-order chi connectivity index (χ1) is 15.8. The zero-order chi connectivity index (χ0) is 25.8. The number of aromatic hydroxyl groups is 1. The molecule has 0 aliphatic heterocycles. The van der Waals surface area contributed by atoms with Gasteiger partial charge in [-0.15, -0.1) is 0 Å². The van der Waals surface area contributed by atoms with E-state index in [1.807, 2.05) is 13.8 Å². The first-order valence-corrected chi connectivity index (χ1v) is 11.9. The number of nitrogens with zero attached hydrogens (tertiary/aromatic N) is 1. The van der Waals surface area contributed by atoms with Gasteiger partial charge in [0.1, 0.15) is 11.4 Å². The number of amides is 1. The van der Waals surface area contributed by atoms with E-state index in [4.69, 9.17) is 19.0 Å². The van der Waals surface area contributed by atoms with Gasteiger partial charge < -0.3 is 19.3 Å². The summed E-state index contributed by atoms with van der Waals surface area (Å²) in [6.45, 7) is 14.1. The van der Waals surface area contributed by atoms with E-state index in [-0.39, 0.29) is 23.1 Å². The number of carbonyl (C=O) groups is 2. The minimum atomic E-state index is -0.740. The van der Waals surface area contributed by atoms with Crippen LogP contribution in [0.4, 0.5) is 0 Å². The molecule has 0 fully saturated rings. The molecule has 0 saturated carbocycles. The fourth-order valence-corrected chi connectivity index (χ4v) is 4.34. The molecule has 0 aromatic heterocycles. The van der Waals surface area contributed by atoms with Crippen molar-refractivity contribution in [2.24, 2.45) is 5.41 Å². The van der Waals surface area contributed by atoms with Crippen LogP contribution in [0.5, 0.6) is 5.75 Å². The minimum absolute atomic E-state index is 0.0214. The molecule has 0 unspecified atom stereocenters. The predicted molar refractivity (Wildman–Crippen MR) is 129 cm³/mol. The van der Waals surface area contributed by atoms with E-state index >= 15 is 0 Å². The Morgan fingerprint density at radius 3 is 2.18 bits per heavy atom. The summed E-state index contributed by atoms with van der Waals surface area (Å²) in [5, 5.41) is 12.4. The third-order valence-corrected chi connectivity index (χ3v) is 5.95. The molecule has 0 spiro atoms. The summed E-state index contributed by atoms with van der Waals surface area (Å²) in [5.41, 5.74) is 1.20. The number of rotatable bonds is 9. The van der Waals surface area contributed by atoms with E-state index in [1.54, 1.807) is 20.8 Å². The van der Waals surface area contributed by atoms with E-state index in [2.05, 4.69) is 13.8 Å². The molecule has 0 heterocycles. The molecule has 0 atom stereocenters. The average molecular weight is 480 g/mol. The largest absolute Gasteiger partial charge is 0.507 e. The van der Waals surface area contributed by atoms with Gasteiger partial charge in [0.25, 0.3) is 5.91 Å². The highest BCUT2D eigenvalue weighted by molar-refractivity contribution is 6.04. The van der Waals surface area contributed by atoms with Gasteiger partial charge in [0.15, 0.2) is 6.29 Å². The molecule has 192 valence electrons. The molecule has 1 amide bonds. The molecule has 0 saturated heterocycles. The van der Waals surface area contributed by atoms with Gasteiger partial charge in [-0.25, -0.2) is 9.86 Å². The Morgan fingerprint density at radius 1 is 1.09 bits per heavy atom. The molecule has 34 heavy (non-hydrogen) atoms. The van der Waals surface area contributed by atoms with Crippen LogP contribution in [0.15, 0.2) is 0 Å². The zero-order valence-corrected chi connectivity index (χ0v) is 22.2. The molecule has 1 N–H and O–H groups in total. The standard InChI is InChI=1S/C26H41NO7/c1-10-32-19(33-11-2)14-17-20(24(30)34-25(3,4)5)18-15-26(6,7)13-12-16(18)22(28)21(17)23(29)27(8)31-9/h19,28H,10-15H2,1-9H3. The van der Waals surface area contributed by atoms with Crippen molar-refractivity contribution in [1.82, 2.24) is 5.06 Å². The van der Waals surface area contributed by atoms with Gasteiger partial charge in [0.2, 0.25) is 0 Å². The normalized spacial score (nSPS) is 15.2. The van der Waals surface area contributed by atoms with Crippen LogP contribution in [-0.2, 0) is 38.3 Å². The molecule has 0 bridgehead atoms. The molecule has 1 aromatic rings. The third kappa shape index (κ3) is 6.49. The lowest BCUT2D eigenvalue weighted by Crippen LogP contribution is -2.34. The van der Waals surface area contributed by atoms with E-state index in [9.17, 15) is 14.7 Å². The molecule has 2 rings (SSSR count). The minimum Gasteiger partial charge on any atom is -0.507 e. The lowest BCUT2D eigenvalue weighted by Gasteiger charge is -2.35. The van der Waals surface area contributed by atoms with Crippen LogP contribution in [-0.4, -0.2) is 61.3 Å². The fourth-order valence-electron chi connectivity index (χ4n) is 4.34. The van der Waals surface area contributed by atoms with Gasteiger partial charge in [0.05, 0.1) is 18.2 Å². The predicted octanol–water partition coefficient (Wildman–Crippen LogP) is 4.44. The number of carbonyl (C=O) groups excluding carboxylic acids is 2. The molecule has 1 aliphatic carbocycles. The third-order valence-electron chi connectivity index (χ3n) is 5.95. The van der Waals surface area contributed by atoms with Gasteiger partial charge in [-0.1, -0.05) is 13.8 Å². The maximum atomic E-state index is 13.6. The molecule has 1 aliphatic rings. The Kier molecular flexibility index (Phi) is 9.13. The lowest BCUT2D eigenvalue weighted by atomic mass is 9.71. The zero-order valence-electron chi connectivity index (χ0n) is 22.2. The van der Waals surface area contributed by atoms with Crippen LogP contribution in [0.2, 0.25) is 0 Å². The summed E-state index contributed by atoms with van der Waals surface area (Å²) in [5.74, 6) is -1.20. The van der Waals surface area contributed by atoms with Crippen LogP contribution < -0.4 is 0 Å². The summed E-state index contributed by atoms with van der Waals surface area (Å²) in [7, 11) is 2.83. The Bertz CT molecular complexity index is 896. The fraction of sp³-hybridized carbons (Fsp3) is 0.692. The van der Waals surface area contributed by atoms with Crippen LogP contribution >= 0.6 is 0 Å². The van der Waals surface area contributed by atoms with E-state index in [0.29, 0.717) is 42.7 Å². The van der Waals surface area contributed by atoms with Crippen LogP contribution in [0.25, 0.3) is 0 Å². The number of esters is 1. The maximum absolute atomic E-state index is 13.6. The number of fused-ring (bicyclic) bond motifs is 1. The summed E-state index contributed by atoms with van der Waals surface area (Å²) >= 11 is 0. The molecular formula is C26H41NO7. The van der Waals surface area contributed by atoms with Gasteiger partial charge in [-0.3, -0.25) is 9.63 Å². The number of hydrogen-bond donors (Lipinski definition) is 1. The van der Waals surface area contributed by atoms with Crippen molar-refractivity contribution in [3.63, 3.8) is 0 Å². The molecular weight excluding hydrogens is 438 g/mol. The monoisotopic (exact) mass is 479 g/mol. The van der Waals surface area contributed by atoms with Gasteiger partial charge >= 0.3 is 5.97 Å². The second-order valence-electron chi connectivity index (χ2n) is 10.4. The summed E-state index contributed by atoms with van der Waals surface area (Å²) in [4.78, 5) is 32.2. The van der Waals surface area contributed by atoms with Gasteiger partial charge in [0, 0.05) is 26.7 Å². The lowest BCUT2D eigenvalue weighted by molar-refractivity contribution is -0.134. The van der Waals surface area contributed by atoms with Crippen molar-refractivity contribution >= 4 is 11.9 Å². The van der Waals surface area contributed by atoms with Crippen molar-refractivity contribution in [3.05, 3.63) is 27.8 Å². The van der Waals surface area contributed by atoms with Crippen molar-refractivity contribution < 1.29 is 33.7 Å². The first kappa shape index (κ1) is 28.1. The highest BCUT2D eigenvalue weighted by atomic mass is 16.7. The highest BCUT2D eigenvalue weighted by Gasteiger charge is 2.38. The topological polar surface area (TPSA) is 94.5 Å². The smallest absolute Gasteiger partial charge is 0.339 e. The van der Waals surface area contributed by atoms with E-state index < -0.39 is 23.8 Å². The van der Waals surface area contributed by atoms with E-state index in [1.165, 1.54) is 14.2 Å². The van der Waals surface area contributed by atoms with Crippen molar-refractivity contribution in [1.29, 1.82) is 0 Å². The molecule has 8 nitrogen and oxygen atoms in total. The number of ether oxygens (including phenoxy) is 3. The number of hydrogen-bond acceptors (Lipinski definition) is 7. The Balaban J connectivity index is 2.90. The number of benzene rings is 1. The van der Waals surface area contributed by atoms with Gasteiger partial charge in [-0.2, -0.15) is 0 Å². The summed E-state index contributed by atoms with van der Waals surface area (Å²) < 4.78 is 17.3. The first-order valence-electron chi connectivity index (χ1n) is 11.9. The second kappa shape index (κ2) is 11.1. The van der Waals surface area contributed by atoms with Crippen LogP contribution in [0, 0.1) is 5.41 Å². The quantitative estimate of drug-likeness (QED) is 0.318. The Morgan fingerprint density at radius 2 is 1.68 bits per heavy atom. The van der Waals surface area contributed by atoms with Crippen LogP contribution in [0.1, 0.15) is 92.3 Å². The molecule has 8 heteroatoms. The second-order valence-corrected chi connectivity index (χ2v) is 10.4. The van der Waals surface area contributed by atoms with E-state index in [0.717, 1.165) is 17.0 Å². The summed E-state index contributed by atoms with van der Waals surface area (Å²) in [6, 6.07) is 0. The highest BCUT2D eigenvalue weighted by Crippen LogP contribution is 2.44.